The molecular formula is C44H54O8. The number of methoxy groups -OCH3 is 4. The third-order valence-electron chi connectivity index (χ3n) is 6.94. The zero-order valence-electron chi connectivity index (χ0n) is 32.7. The second-order valence-electron chi connectivity index (χ2n) is 10.3. The van der Waals surface area contributed by atoms with Crippen molar-refractivity contribution >= 4 is 33.9 Å². The van der Waals surface area contributed by atoms with Crippen LogP contribution in [0.1, 0.15) is 96.8 Å². The molecule has 278 valence electrons. The molecule has 8 nitrogen and oxygen atoms in total. The van der Waals surface area contributed by atoms with E-state index in [4.69, 9.17) is 18.9 Å². The molecule has 0 radical (unpaired) electrons. The van der Waals surface area contributed by atoms with Gasteiger partial charge >= 0.3 is 0 Å². The van der Waals surface area contributed by atoms with Crippen LogP contribution in [0.4, 0.5) is 0 Å². The maximum Gasteiger partial charge on any atom is 0.159 e. The summed E-state index contributed by atoms with van der Waals surface area (Å²) >= 11 is 0. The number of ether oxygens (including phenoxy) is 4. The smallest absolute Gasteiger partial charge is 0.159 e. The van der Waals surface area contributed by atoms with Gasteiger partial charge in [-0.3, -0.25) is 19.2 Å². The van der Waals surface area contributed by atoms with Crippen LogP contribution in [0.5, 0.6) is 23.0 Å². The van der Waals surface area contributed by atoms with Gasteiger partial charge in [-0.05, 0) is 105 Å². The molecule has 0 bridgehead atoms. The molecule has 0 heterocycles. The van der Waals surface area contributed by atoms with E-state index in [1.165, 1.54) is 13.8 Å². The minimum absolute atomic E-state index is 0.0186. The van der Waals surface area contributed by atoms with E-state index in [0.717, 1.165) is 39.3 Å². The summed E-state index contributed by atoms with van der Waals surface area (Å²) in [5, 5.41) is 2.14. The molecule has 0 saturated heterocycles. The van der Waals surface area contributed by atoms with Gasteiger partial charge in [0.1, 0.15) is 23.0 Å². The number of benzene rings is 5. The Morgan fingerprint density at radius 3 is 0.865 bits per heavy atom. The molecule has 0 fully saturated rings. The Morgan fingerprint density at radius 1 is 0.327 bits per heavy atom. The number of rotatable bonds is 8. The Labute approximate surface area is 309 Å². The fourth-order valence-electron chi connectivity index (χ4n) is 4.05. The molecule has 5 rings (SSSR count). The molecule has 0 aliphatic heterocycles. The molecule has 0 aliphatic carbocycles. The van der Waals surface area contributed by atoms with Crippen molar-refractivity contribution < 1.29 is 38.1 Å². The first kappa shape index (κ1) is 46.2. The zero-order valence-corrected chi connectivity index (χ0v) is 32.7. The third kappa shape index (κ3) is 16.8. The second kappa shape index (κ2) is 26.1. The summed E-state index contributed by atoms with van der Waals surface area (Å²) in [5.41, 5.74) is 2.73. The molecular weight excluding hydrogens is 656 g/mol. The molecule has 0 aromatic heterocycles. The summed E-state index contributed by atoms with van der Waals surface area (Å²) in [4.78, 5) is 43.7. The summed E-state index contributed by atoms with van der Waals surface area (Å²) in [5.74, 6) is 3.50. The van der Waals surface area contributed by atoms with Gasteiger partial charge in [0.25, 0.3) is 0 Å². The predicted molar refractivity (Wildman–Crippen MR) is 212 cm³/mol. The highest BCUT2D eigenvalue weighted by Gasteiger charge is 2.03. The van der Waals surface area contributed by atoms with Gasteiger partial charge < -0.3 is 18.9 Å². The van der Waals surface area contributed by atoms with Crippen molar-refractivity contribution in [2.24, 2.45) is 0 Å². The monoisotopic (exact) mass is 710 g/mol. The van der Waals surface area contributed by atoms with Crippen molar-refractivity contribution in [3.63, 3.8) is 0 Å². The quantitative estimate of drug-likeness (QED) is 0.147. The standard InChI is InChI=1S/C13H12O2.C10H10O2.C9H10O2.C8H10O2.2C2H6/c1-9(14)10-3-4-12-8-13(15-2)6-5-11(12)7-10;1-7(11)9-3-5-10(6-4-9)8(2)12;1-7(10)8-3-5-9(11-2)6-4-8;1-9-7-3-5-8(10-2)6-4-7;2*1-2/h3-8H,1-2H3;3-6H,1-2H3;3-6H,1-2H3;3-6H,1-2H3;2*1-2H3. The van der Waals surface area contributed by atoms with Crippen molar-refractivity contribution in [1.29, 1.82) is 0 Å². The molecule has 8 heteroatoms. The van der Waals surface area contributed by atoms with E-state index >= 15 is 0 Å². The fourth-order valence-corrected chi connectivity index (χ4v) is 4.05. The Hall–Kier alpha value is -5.76. The average molecular weight is 711 g/mol. The van der Waals surface area contributed by atoms with Crippen LogP contribution in [0.15, 0.2) is 109 Å². The summed E-state index contributed by atoms with van der Waals surface area (Å²) in [7, 11) is 6.53. The highest BCUT2D eigenvalue weighted by atomic mass is 16.5. The average Bonchev–Trinajstić information content (AvgIpc) is 3.19. The lowest BCUT2D eigenvalue weighted by atomic mass is 10.0. The minimum Gasteiger partial charge on any atom is -0.497 e. The van der Waals surface area contributed by atoms with Crippen molar-refractivity contribution in [3.8, 4) is 23.0 Å². The first-order chi connectivity index (χ1) is 24.9. The molecule has 0 atom stereocenters. The summed E-state index contributed by atoms with van der Waals surface area (Å²) in [6.07, 6.45) is 0. The normalized spacial score (nSPS) is 9.08. The summed E-state index contributed by atoms with van der Waals surface area (Å²) < 4.78 is 20.0. The Morgan fingerprint density at radius 2 is 0.558 bits per heavy atom. The van der Waals surface area contributed by atoms with Gasteiger partial charge in [0.2, 0.25) is 0 Å². The molecule has 0 amide bonds. The van der Waals surface area contributed by atoms with Crippen molar-refractivity contribution in [3.05, 3.63) is 131 Å². The summed E-state index contributed by atoms with van der Waals surface area (Å²) in [6, 6.07) is 32.6. The number of fused-ring (bicyclic) bond motifs is 1. The molecule has 0 aliphatic rings. The Balaban J connectivity index is 0.000000652. The van der Waals surface area contributed by atoms with Crippen LogP contribution in [-0.4, -0.2) is 51.6 Å². The number of Topliss-reactive ketones (excluding diaryl/α,β-unsaturated/α-hetero) is 4. The van der Waals surface area contributed by atoms with Crippen molar-refractivity contribution in [2.75, 3.05) is 28.4 Å². The lowest BCUT2D eigenvalue weighted by molar-refractivity contribution is 0.100. The molecule has 0 N–H and O–H groups in total. The minimum atomic E-state index is 0.0186. The first-order valence-corrected chi connectivity index (χ1v) is 17.0. The highest BCUT2D eigenvalue weighted by molar-refractivity contribution is 5.99. The van der Waals surface area contributed by atoms with E-state index < -0.39 is 0 Å². The lowest BCUT2D eigenvalue weighted by Gasteiger charge is -2.03. The van der Waals surface area contributed by atoms with Gasteiger partial charge in [-0.2, -0.15) is 0 Å². The largest absolute Gasteiger partial charge is 0.497 e. The second-order valence-corrected chi connectivity index (χ2v) is 10.3. The fraction of sp³-hybridized carbons (Fsp3) is 0.273. The van der Waals surface area contributed by atoms with Crippen molar-refractivity contribution in [1.82, 2.24) is 0 Å². The first-order valence-electron chi connectivity index (χ1n) is 17.0. The van der Waals surface area contributed by atoms with Gasteiger partial charge in [0.15, 0.2) is 23.1 Å². The molecule has 5 aromatic rings. The van der Waals surface area contributed by atoms with Gasteiger partial charge in [-0.15, -0.1) is 0 Å². The van der Waals surface area contributed by atoms with Gasteiger partial charge in [0, 0.05) is 22.3 Å². The SMILES string of the molecule is CC.CC.CC(=O)c1ccc(C(C)=O)cc1.COc1ccc(C(C)=O)cc1.COc1ccc(OC)cc1.COc1ccc2cc(C(C)=O)ccc2c1. The van der Waals surface area contributed by atoms with Crippen LogP contribution in [0.25, 0.3) is 10.8 Å². The van der Waals surface area contributed by atoms with Crippen LogP contribution in [0.2, 0.25) is 0 Å². The zero-order chi connectivity index (χ0) is 39.6. The lowest BCUT2D eigenvalue weighted by Crippen LogP contribution is -1.95. The number of ketones is 4. The molecule has 52 heavy (non-hydrogen) atoms. The topological polar surface area (TPSA) is 105 Å². The number of hydrogen-bond acceptors (Lipinski definition) is 8. The Bertz CT molecular complexity index is 1730. The molecule has 0 spiro atoms. The van der Waals surface area contributed by atoms with Crippen molar-refractivity contribution in [2.45, 2.75) is 55.4 Å². The molecule has 0 unspecified atom stereocenters. The van der Waals surface area contributed by atoms with Crippen LogP contribution >= 0.6 is 0 Å². The number of carbonyl (C=O) groups excluding carboxylic acids is 4. The van der Waals surface area contributed by atoms with E-state index in [9.17, 15) is 19.2 Å². The number of hydrogen-bond donors (Lipinski definition) is 0. The van der Waals surface area contributed by atoms with E-state index in [2.05, 4.69) is 0 Å². The van der Waals surface area contributed by atoms with E-state index in [1.54, 1.807) is 90.8 Å². The van der Waals surface area contributed by atoms with Gasteiger partial charge in [-0.25, -0.2) is 0 Å². The van der Waals surface area contributed by atoms with E-state index in [0.29, 0.717) is 16.7 Å². The van der Waals surface area contributed by atoms with Gasteiger partial charge in [-0.1, -0.05) is 70.2 Å². The third-order valence-corrected chi connectivity index (χ3v) is 6.94. The molecule has 0 saturated carbocycles. The van der Waals surface area contributed by atoms with Crippen LogP contribution in [0, 0.1) is 0 Å². The summed E-state index contributed by atoms with van der Waals surface area (Å²) in [6.45, 7) is 14.1. The maximum absolute atomic E-state index is 11.2. The van der Waals surface area contributed by atoms with Crippen LogP contribution in [-0.2, 0) is 0 Å². The maximum atomic E-state index is 11.2. The predicted octanol–water partition coefficient (Wildman–Crippen LogP) is 10.8. The van der Waals surface area contributed by atoms with E-state index in [-0.39, 0.29) is 23.1 Å². The van der Waals surface area contributed by atoms with E-state index in [1.807, 2.05) is 88.4 Å². The number of carbonyl (C=O) groups is 4. The van der Waals surface area contributed by atoms with Crippen LogP contribution < -0.4 is 18.9 Å². The Kier molecular flexibility index (Phi) is 23.2. The highest BCUT2D eigenvalue weighted by Crippen LogP contribution is 2.22. The van der Waals surface area contributed by atoms with Crippen LogP contribution in [0.3, 0.4) is 0 Å². The molecule has 5 aromatic carbocycles. The van der Waals surface area contributed by atoms with Gasteiger partial charge in [0.05, 0.1) is 28.4 Å².